The molecule has 1 aromatic heterocycles. The molecule has 0 radical (unpaired) electrons. The quantitative estimate of drug-likeness (QED) is 0.788. The number of amides is 2. The molecule has 0 aliphatic carbocycles. The number of nitrogens with two attached hydrogens (primary N) is 1. The summed E-state index contributed by atoms with van der Waals surface area (Å²) in [6.45, 7) is 0.569. The molecular formula is C10H13BrN2O2S. The van der Waals surface area contributed by atoms with Crippen molar-refractivity contribution in [3.63, 3.8) is 0 Å². The number of rotatable bonds is 6. The number of hydrogen-bond donors (Lipinski definition) is 2. The third-order valence-corrected chi connectivity index (χ3v) is 3.47. The Labute approximate surface area is 106 Å². The zero-order chi connectivity index (χ0) is 12.0. The minimum Gasteiger partial charge on any atom is -0.370 e. The van der Waals surface area contributed by atoms with E-state index in [2.05, 4.69) is 21.2 Å². The molecule has 88 valence electrons. The maximum Gasteiger partial charge on any atom is 0.252 e. The lowest BCUT2D eigenvalue weighted by molar-refractivity contribution is -0.118. The molecule has 0 fully saturated rings. The van der Waals surface area contributed by atoms with Crippen LogP contribution in [0.5, 0.6) is 0 Å². The molecule has 0 saturated heterocycles. The molecule has 4 nitrogen and oxygen atoms in total. The van der Waals surface area contributed by atoms with Crippen LogP contribution in [0.4, 0.5) is 0 Å². The average molecular weight is 305 g/mol. The third-order valence-electron chi connectivity index (χ3n) is 1.97. The van der Waals surface area contributed by atoms with Gasteiger partial charge in [0.05, 0.1) is 9.35 Å². The number of halogens is 1. The molecule has 0 aliphatic rings. The van der Waals surface area contributed by atoms with E-state index in [9.17, 15) is 9.59 Å². The first-order valence-corrected chi connectivity index (χ1v) is 6.57. The smallest absolute Gasteiger partial charge is 0.252 e. The van der Waals surface area contributed by atoms with Crippen molar-refractivity contribution in [1.29, 1.82) is 0 Å². The van der Waals surface area contributed by atoms with Gasteiger partial charge in [-0.15, -0.1) is 11.3 Å². The predicted octanol–water partition coefficient (Wildman–Crippen LogP) is 1.90. The lowest BCUT2D eigenvalue weighted by Crippen LogP contribution is -2.24. The van der Waals surface area contributed by atoms with E-state index < -0.39 is 0 Å². The molecule has 3 N–H and O–H groups in total. The van der Waals surface area contributed by atoms with Gasteiger partial charge in [-0.1, -0.05) is 0 Å². The molecule has 0 unspecified atom stereocenters. The monoisotopic (exact) mass is 304 g/mol. The van der Waals surface area contributed by atoms with Gasteiger partial charge >= 0.3 is 0 Å². The Morgan fingerprint density at radius 2 is 2.19 bits per heavy atom. The Morgan fingerprint density at radius 1 is 1.44 bits per heavy atom. The first-order valence-electron chi connectivity index (χ1n) is 4.90. The van der Waals surface area contributed by atoms with Gasteiger partial charge in [0, 0.05) is 18.3 Å². The summed E-state index contributed by atoms with van der Waals surface area (Å²) >= 11 is 4.77. The van der Waals surface area contributed by atoms with Gasteiger partial charge in [0.15, 0.2) is 0 Å². The van der Waals surface area contributed by atoms with Crippen molar-refractivity contribution >= 4 is 39.1 Å². The van der Waals surface area contributed by atoms with Gasteiger partial charge in [-0.05, 0) is 34.8 Å². The van der Waals surface area contributed by atoms with E-state index in [1.807, 2.05) is 0 Å². The second kappa shape index (κ2) is 6.65. The number of hydrogen-bond acceptors (Lipinski definition) is 3. The Morgan fingerprint density at radius 3 is 2.75 bits per heavy atom. The van der Waals surface area contributed by atoms with Crippen molar-refractivity contribution in [2.75, 3.05) is 6.54 Å². The summed E-state index contributed by atoms with van der Waals surface area (Å²) in [6.07, 6.45) is 1.85. The first-order chi connectivity index (χ1) is 7.59. The van der Waals surface area contributed by atoms with E-state index in [0.717, 1.165) is 10.2 Å². The second-order valence-corrected chi connectivity index (χ2v) is 5.61. The molecule has 0 aliphatic heterocycles. The largest absolute Gasteiger partial charge is 0.370 e. The third kappa shape index (κ3) is 4.76. The van der Waals surface area contributed by atoms with E-state index in [0.29, 0.717) is 24.9 Å². The van der Waals surface area contributed by atoms with Gasteiger partial charge in [0.1, 0.15) is 0 Å². The van der Waals surface area contributed by atoms with Crippen molar-refractivity contribution in [2.45, 2.75) is 19.3 Å². The maximum absolute atomic E-state index is 11.5. The van der Waals surface area contributed by atoms with Crippen molar-refractivity contribution in [3.8, 4) is 0 Å². The highest BCUT2D eigenvalue weighted by molar-refractivity contribution is 9.11. The van der Waals surface area contributed by atoms with E-state index in [1.165, 1.54) is 11.3 Å². The highest BCUT2D eigenvalue weighted by atomic mass is 79.9. The fraction of sp³-hybridized carbons (Fsp3) is 0.400. The summed E-state index contributed by atoms with van der Waals surface area (Å²) in [5.41, 5.74) is 5.66. The van der Waals surface area contributed by atoms with Gasteiger partial charge in [0.25, 0.3) is 5.91 Å². The predicted molar refractivity (Wildman–Crippen MR) is 67.4 cm³/mol. The van der Waals surface area contributed by atoms with E-state index >= 15 is 0 Å². The molecule has 1 aromatic rings. The highest BCUT2D eigenvalue weighted by Crippen LogP contribution is 2.20. The van der Waals surface area contributed by atoms with Gasteiger partial charge in [-0.2, -0.15) is 0 Å². The summed E-state index contributed by atoms with van der Waals surface area (Å²) < 4.78 is 0.936. The fourth-order valence-electron chi connectivity index (χ4n) is 1.16. The molecule has 0 saturated carbocycles. The Kier molecular flexibility index (Phi) is 5.48. The summed E-state index contributed by atoms with van der Waals surface area (Å²) in [4.78, 5) is 22.0. The summed E-state index contributed by atoms with van der Waals surface area (Å²) in [6, 6.07) is 1.78. The highest BCUT2D eigenvalue weighted by Gasteiger charge is 2.06. The zero-order valence-corrected chi connectivity index (χ0v) is 11.1. The van der Waals surface area contributed by atoms with Gasteiger partial charge in [0.2, 0.25) is 5.91 Å². The Hall–Kier alpha value is -0.880. The van der Waals surface area contributed by atoms with E-state index in [1.54, 1.807) is 11.4 Å². The molecular weight excluding hydrogens is 292 g/mol. The van der Waals surface area contributed by atoms with Crippen molar-refractivity contribution in [2.24, 2.45) is 5.73 Å². The fourth-order valence-corrected chi connectivity index (χ4v) is 2.29. The van der Waals surface area contributed by atoms with Crippen LogP contribution in [0.3, 0.4) is 0 Å². The normalized spacial score (nSPS) is 10.1. The van der Waals surface area contributed by atoms with E-state index in [4.69, 9.17) is 5.73 Å². The lowest BCUT2D eigenvalue weighted by Gasteiger charge is -2.02. The second-order valence-electron chi connectivity index (χ2n) is 3.32. The van der Waals surface area contributed by atoms with Crippen LogP contribution in [0.2, 0.25) is 0 Å². The number of primary amides is 1. The van der Waals surface area contributed by atoms with Crippen LogP contribution >= 0.6 is 27.3 Å². The van der Waals surface area contributed by atoms with Crippen molar-refractivity contribution < 1.29 is 9.59 Å². The lowest BCUT2D eigenvalue weighted by atomic mass is 10.2. The van der Waals surface area contributed by atoms with Gasteiger partial charge in [-0.3, -0.25) is 9.59 Å². The first kappa shape index (κ1) is 13.2. The van der Waals surface area contributed by atoms with Crippen LogP contribution < -0.4 is 11.1 Å². The van der Waals surface area contributed by atoms with Crippen LogP contribution in [0.25, 0.3) is 0 Å². The van der Waals surface area contributed by atoms with Crippen LogP contribution in [0.15, 0.2) is 15.2 Å². The van der Waals surface area contributed by atoms with Crippen molar-refractivity contribution in [1.82, 2.24) is 5.32 Å². The summed E-state index contributed by atoms with van der Waals surface area (Å²) in [5.74, 6) is -0.380. The number of carbonyl (C=O) groups excluding carboxylic acids is 2. The minimum atomic E-state index is -0.298. The molecule has 0 spiro atoms. The molecule has 1 rings (SSSR count). The Bertz CT molecular complexity index is 379. The SMILES string of the molecule is NC(=O)CCCCNC(=O)c1csc(Br)c1. The number of unbranched alkanes of at least 4 members (excludes halogenated alkanes) is 1. The minimum absolute atomic E-state index is 0.0824. The van der Waals surface area contributed by atoms with Crippen LogP contribution in [0, 0.1) is 0 Å². The molecule has 6 heteroatoms. The summed E-state index contributed by atoms with van der Waals surface area (Å²) in [7, 11) is 0. The maximum atomic E-state index is 11.5. The van der Waals surface area contributed by atoms with Gasteiger partial charge in [-0.25, -0.2) is 0 Å². The van der Waals surface area contributed by atoms with Gasteiger partial charge < -0.3 is 11.1 Å². The number of carbonyl (C=O) groups is 2. The number of nitrogens with one attached hydrogen (secondary N) is 1. The molecule has 0 bridgehead atoms. The standard InChI is InChI=1S/C10H13BrN2O2S/c11-8-5-7(6-16-8)10(15)13-4-2-1-3-9(12)14/h5-6H,1-4H2,(H2,12,14)(H,13,15). The van der Waals surface area contributed by atoms with E-state index in [-0.39, 0.29) is 11.8 Å². The zero-order valence-electron chi connectivity index (χ0n) is 8.66. The Balaban J connectivity index is 2.18. The average Bonchev–Trinajstić information content (AvgIpc) is 2.63. The topological polar surface area (TPSA) is 72.2 Å². The van der Waals surface area contributed by atoms with Crippen LogP contribution in [0.1, 0.15) is 29.6 Å². The molecule has 2 amide bonds. The number of thiophene rings is 1. The van der Waals surface area contributed by atoms with Crippen molar-refractivity contribution in [3.05, 3.63) is 20.8 Å². The summed E-state index contributed by atoms with van der Waals surface area (Å²) in [5, 5.41) is 4.58. The van der Waals surface area contributed by atoms with Crippen LogP contribution in [-0.2, 0) is 4.79 Å². The molecule has 16 heavy (non-hydrogen) atoms. The molecule has 0 aromatic carbocycles. The van der Waals surface area contributed by atoms with Crippen LogP contribution in [-0.4, -0.2) is 18.4 Å². The molecule has 1 heterocycles. The molecule has 0 atom stereocenters.